The van der Waals surface area contributed by atoms with Crippen molar-refractivity contribution in [3.63, 3.8) is 0 Å². The van der Waals surface area contributed by atoms with Crippen LogP contribution in [0.2, 0.25) is 0 Å². The highest BCUT2D eigenvalue weighted by molar-refractivity contribution is 5.59. The first-order chi connectivity index (χ1) is 9.38. The molecule has 1 N–H and O–H groups in total. The van der Waals surface area contributed by atoms with Crippen molar-refractivity contribution >= 4 is 18.1 Å². The third kappa shape index (κ3) is 2.16. The Labute approximate surface area is 107 Å². The summed E-state index contributed by atoms with van der Waals surface area (Å²) in [5.41, 5.74) is 3.22. The summed E-state index contributed by atoms with van der Waals surface area (Å²) >= 11 is 0. The van der Waals surface area contributed by atoms with Gasteiger partial charge in [-0.1, -0.05) is 0 Å². The van der Waals surface area contributed by atoms with E-state index < -0.39 is 0 Å². The summed E-state index contributed by atoms with van der Waals surface area (Å²) < 4.78 is 6.92. The van der Waals surface area contributed by atoms with Crippen molar-refractivity contribution in [1.29, 1.82) is 0 Å². The predicted octanol–water partition coefficient (Wildman–Crippen LogP) is 1.20. The quantitative estimate of drug-likeness (QED) is 0.429. The third-order valence-corrected chi connectivity index (χ3v) is 2.35. The highest BCUT2D eigenvalue weighted by atomic mass is 16.6. The van der Waals surface area contributed by atoms with Crippen LogP contribution in [0.25, 0.3) is 17.2 Å². The van der Waals surface area contributed by atoms with Gasteiger partial charge in [0.05, 0.1) is 13.4 Å². The lowest BCUT2D eigenvalue weighted by molar-refractivity contribution is 0.148. The average molecular weight is 258 g/mol. The molecule has 0 aliphatic rings. The number of aliphatic imine (C=N–C) groups is 1. The summed E-state index contributed by atoms with van der Waals surface area (Å²) in [6.45, 7) is 0. The number of hydroxylamine groups is 1. The molecule has 0 fully saturated rings. The summed E-state index contributed by atoms with van der Waals surface area (Å²) in [6.07, 6.45) is 4.59. The van der Waals surface area contributed by atoms with Gasteiger partial charge in [-0.05, 0) is 18.2 Å². The molecule has 0 spiro atoms. The van der Waals surface area contributed by atoms with Gasteiger partial charge in [-0.15, -0.1) is 5.10 Å². The molecule has 3 heterocycles. The molecule has 0 aliphatic heterocycles. The van der Waals surface area contributed by atoms with Gasteiger partial charge in [0, 0.05) is 6.20 Å². The molecule has 3 aromatic rings. The highest BCUT2D eigenvalue weighted by Gasteiger charge is 2.10. The molecule has 0 aromatic carbocycles. The van der Waals surface area contributed by atoms with Crippen molar-refractivity contribution in [2.24, 2.45) is 4.99 Å². The van der Waals surface area contributed by atoms with Crippen LogP contribution in [0.15, 0.2) is 40.1 Å². The third-order valence-electron chi connectivity index (χ3n) is 2.35. The Morgan fingerprint density at radius 2 is 2.42 bits per heavy atom. The van der Waals surface area contributed by atoms with Gasteiger partial charge in [0.1, 0.15) is 12.0 Å². The van der Waals surface area contributed by atoms with E-state index in [2.05, 4.69) is 30.4 Å². The number of hydrogen-bond donors (Lipinski definition) is 1. The van der Waals surface area contributed by atoms with Gasteiger partial charge < -0.3 is 4.42 Å². The van der Waals surface area contributed by atoms with Gasteiger partial charge >= 0.3 is 0 Å². The van der Waals surface area contributed by atoms with Crippen LogP contribution in [0.1, 0.15) is 0 Å². The van der Waals surface area contributed by atoms with E-state index in [1.54, 1.807) is 29.1 Å². The van der Waals surface area contributed by atoms with Crippen LogP contribution in [0.5, 0.6) is 0 Å². The second-order valence-electron chi connectivity index (χ2n) is 3.51. The normalized spacial score (nSPS) is 11.4. The van der Waals surface area contributed by atoms with E-state index in [0.29, 0.717) is 11.5 Å². The maximum Gasteiger partial charge on any atom is 0.272 e. The Kier molecular flexibility index (Phi) is 2.91. The van der Waals surface area contributed by atoms with Crippen molar-refractivity contribution < 1.29 is 9.25 Å². The lowest BCUT2D eigenvalue weighted by atomic mass is 10.3. The number of fused-ring (bicyclic) bond motifs is 1. The molecule has 19 heavy (non-hydrogen) atoms. The van der Waals surface area contributed by atoms with E-state index in [1.165, 1.54) is 13.4 Å². The van der Waals surface area contributed by atoms with Crippen LogP contribution in [0, 0.1) is 0 Å². The lowest BCUT2D eigenvalue weighted by Crippen LogP contribution is -2.07. The Hall–Kier alpha value is -2.74. The monoisotopic (exact) mass is 258 g/mol. The van der Waals surface area contributed by atoms with Gasteiger partial charge in [-0.3, -0.25) is 10.3 Å². The summed E-state index contributed by atoms with van der Waals surface area (Å²) in [7, 11) is 1.49. The highest BCUT2D eigenvalue weighted by Crippen LogP contribution is 2.20. The van der Waals surface area contributed by atoms with E-state index in [4.69, 9.17) is 4.42 Å². The Bertz CT molecular complexity index is 703. The Morgan fingerprint density at radius 1 is 1.47 bits per heavy atom. The number of hydrogen-bond acceptors (Lipinski definition) is 6. The topological polar surface area (TPSA) is 89.8 Å². The number of nitrogens with zero attached hydrogens (tertiary/aromatic N) is 5. The maximum absolute atomic E-state index is 5.35. The molecule has 0 saturated carbocycles. The van der Waals surface area contributed by atoms with Crippen LogP contribution in [-0.4, -0.2) is 33.0 Å². The largest absolute Gasteiger partial charge is 0.463 e. The molecular weight excluding hydrogens is 248 g/mol. The van der Waals surface area contributed by atoms with Crippen molar-refractivity contribution in [3.05, 3.63) is 30.7 Å². The minimum atomic E-state index is 0.274. The van der Waals surface area contributed by atoms with E-state index in [0.717, 1.165) is 5.69 Å². The molecule has 0 unspecified atom stereocenters. The summed E-state index contributed by atoms with van der Waals surface area (Å²) in [5, 5.41) is 4.23. The first-order valence-corrected chi connectivity index (χ1v) is 5.45. The molecule has 3 rings (SSSR count). The second kappa shape index (κ2) is 4.86. The molecule has 0 bridgehead atoms. The predicted molar refractivity (Wildman–Crippen MR) is 66.8 cm³/mol. The van der Waals surface area contributed by atoms with Crippen molar-refractivity contribution in [2.45, 2.75) is 0 Å². The van der Waals surface area contributed by atoms with Gasteiger partial charge in [0.2, 0.25) is 0 Å². The van der Waals surface area contributed by atoms with Crippen LogP contribution < -0.4 is 5.48 Å². The Morgan fingerprint density at radius 3 is 3.21 bits per heavy atom. The SMILES string of the molecule is CON/C=N/c1nc2nccc(-c3ccco3)n2n1. The Balaban J connectivity index is 2.05. The van der Waals surface area contributed by atoms with Crippen LogP contribution in [0.4, 0.5) is 5.95 Å². The first kappa shape index (κ1) is 11.4. The zero-order valence-electron chi connectivity index (χ0n) is 10.0. The smallest absolute Gasteiger partial charge is 0.272 e. The van der Waals surface area contributed by atoms with E-state index >= 15 is 0 Å². The number of rotatable bonds is 4. The van der Waals surface area contributed by atoms with Gasteiger partial charge in [0.25, 0.3) is 11.7 Å². The zero-order valence-corrected chi connectivity index (χ0v) is 10.0. The van der Waals surface area contributed by atoms with Crippen LogP contribution in [-0.2, 0) is 4.84 Å². The van der Waals surface area contributed by atoms with E-state index in [9.17, 15) is 0 Å². The van der Waals surface area contributed by atoms with Crippen LogP contribution in [0.3, 0.4) is 0 Å². The number of aromatic nitrogens is 4. The zero-order chi connectivity index (χ0) is 13.1. The molecular formula is C11H10N6O2. The lowest BCUT2D eigenvalue weighted by Gasteiger charge is -1.98. The summed E-state index contributed by atoms with van der Waals surface area (Å²) in [6, 6.07) is 5.44. The fourth-order valence-electron chi connectivity index (χ4n) is 1.59. The molecule has 0 amide bonds. The maximum atomic E-state index is 5.35. The van der Waals surface area contributed by atoms with Crippen molar-refractivity contribution in [2.75, 3.05) is 7.11 Å². The molecule has 0 saturated heterocycles. The molecule has 0 radical (unpaired) electrons. The number of nitrogens with one attached hydrogen (secondary N) is 1. The van der Waals surface area contributed by atoms with Gasteiger partial charge in [-0.25, -0.2) is 4.98 Å². The van der Waals surface area contributed by atoms with Crippen molar-refractivity contribution in [3.8, 4) is 11.5 Å². The second-order valence-corrected chi connectivity index (χ2v) is 3.51. The molecule has 3 aromatic heterocycles. The fourth-order valence-corrected chi connectivity index (χ4v) is 1.59. The fraction of sp³-hybridized carbons (Fsp3) is 0.0909. The van der Waals surface area contributed by atoms with E-state index in [-0.39, 0.29) is 5.95 Å². The van der Waals surface area contributed by atoms with Crippen LogP contribution >= 0.6 is 0 Å². The van der Waals surface area contributed by atoms with E-state index in [1.807, 2.05) is 6.07 Å². The standard InChI is InChI=1S/C11H10N6O2/c1-18-14-7-13-10-15-11-12-5-4-8(17(11)16-10)9-3-2-6-19-9/h2-7H,1H3,(H,13,14,16). The van der Waals surface area contributed by atoms with Gasteiger partial charge in [-0.2, -0.15) is 14.5 Å². The van der Waals surface area contributed by atoms with Gasteiger partial charge in [0.15, 0.2) is 5.76 Å². The summed E-state index contributed by atoms with van der Waals surface area (Å²) in [5.74, 6) is 1.40. The molecule has 8 heteroatoms. The molecule has 0 aliphatic carbocycles. The minimum Gasteiger partial charge on any atom is -0.463 e. The first-order valence-electron chi connectivity index (χ1n) is 5.45. The molecule has 8 nitrogen and oxygen atoms in total. The molecule has 96 valence electrons. The minimum absolute atomic E-state index is 0.274. The number of furan rings is 1. The summed E-state index contributed by atoms with van der Waals surface area (Å²) in [4.78, 5) is 16.9. The van der Waals surface area contributed by atoms with Crippen molar-refractivity contribution in [1.82, 2.24) is 25.1 Å². The average Bonchev–Trinajstić information content (AvgIpc) is 3.07. The molecule has 0 atom stereocenters.